The maximum atomic E-state index is 12.6. The van der Waals surface area contributed by atoms with Crippen molar-refractivity contribution in [2.24, 2.45) is 7.05 Å². The van der Waals surface area contributed by atoms with Gasteiger partial charge in [-0.05, 0) is 37.8 Å². The molecule has 3 rings (SSSR count). The van der Waals surface area contributed by atoms with Crippen LogP contribution in [0.5, 0.6) is 0 Å². The zero-order valence-corrected chi connectivity index (χ0v) is 15.5. The summed E-state index contributed by atoms with van der Waals surface area (Å²) in [5.41, 5.74) is 2.95. The van der Waals surface area contributed by atoms with Gasteiger partial charge in [0.2, 0.25) is 0 Å². The van der Waals surface area contributed by atoms with Gasteiger partial charge in [-0.3, -0.25) is 9.48 Å². The smallest absolute Gasteiger partial charge is 0.274 e. The minimum Gasteiger partial charge on any atom is -0.337 e. The third kappa shape index (κ3) is 4.28. The van der Waals surface area contributed by atoms with E-state index in [0.717, 1.165) is 44.6 Å². The van der Waals surface area contributed by atoms with E-state index in [1.807, 2.05) is 32.0 Å². The molecule has 5 heteroatoms. The van der Waals surface area contributed by atoms with Gasteiger partial charge in [-0.25, -0.2) is 0 Å². The standard InChI is InChI=1S/C20H28N4O/c1-16-15-19(21-23(16)3)20(25)22(2)18-10-13-24(14-11-18)12-9-17-7-5-4-6-8-17/h4-8,15,18H,9-14H2,1-3H3. The average molecular weight is 340 g/mol. The predicted octanol–water partition coefficient (Wildman–Crippen LogP) is 2.51. The number of aromatic nitrogens is 2. The molecule has 0 bridgehead atoms. The zero-order valence-electron chi connectivity index (χ0n) is 15.5. The van der Waals surface area contributed by atoms with Crippen molar-refractivity contribution in [3.8, 4) is 0 Å². The van der Waals surface area contributed by atoms with Crippen LogP contribution in [-0.4, -0.2) is 58.2 Å². The molecule has 0 unspecified atom stereocenters. The van der Waals surface area contributed by atoms with Crippen LogP contribution < -0.4 is 0 Å². The van der Waals surface area contributed by atoms with Crippen LogP contribution in [0, 0.1) is 6.92 Å². The monoisotopic (exact) mass is 340 g/mol. The fourth-order valence-electron chi connectivity index (χ4n) is 3.47. The van der Waals surface area contributed by atoms with E-state index in [1.165, 1.54) is 5.56 Å². The van der Waals surface area contributed by atoms with Gasteiger partial charge < -0.3 is 9.80 Å². The zero-order chi connectivity index (χ0) is 17.8. The molecular formula is C20H28N4O. The minimum absolute atomic E-state index is 0.0337. The second kappa shape index (κ2) is 7.83. The number of amides is 1. The van der Waals surface area contributed by atoms with Gasteiger partial charge in [-0.15, -0.1) is 0 Å². The molecule has 1 aromatic carbocycles. The molecule has 0 atom stereocenters. The van der Waals surface area contributed by atoms with Gasteiger partial charge in [0, 0.05) is 45.5 Å². The van der Waals surface area contributed by atoms with Crippen LogP contribution >= 0.6 is 0 Å². The van der Waals surface area contributed by atoms with Gasteiger partial charge in [-0.2, -0.15) is 5.10 Å². The summed E-state index contributed by atoms with van der Waals surface area (Å²) in [6.07, 6.45) is 3.15. The first kappa shape index (κ1) is 17.7. The first-order valence-corrected chi connectivity index (χ1v) is 9.08. The molecule has 25 heavy (non-hydrogen) atoms. The van der Waals surface area contributed by atoms with Gasteiger partial charge in [0.15, 0.2) is 5.69 Å². The molecule has 1 fully saturated rings. The van der Waals surface area contributed by atoms with Crippen molar-refractivity contribution in [3.05, 3.63) is 53.3 Å². The van der Waals surface area contributed by atoms with Gasteiger partial charge >= 0.3 is 0 Å². The van der Waals surface area contributed by atoms with Crippen molar-refractivity contribution in [3.63, 3.8) is 0 Å². The van der Waals surface area contributed by atoms with Crippen LogP contribution in [-0.2, 0) is 13.5 Å². The Bertz CT molecular complexity index is 682. The molecule has 0 saturated carbocycles. The number of rotatable bonds is 5. The van der Waals surface area contributed by atoms with Crippen LogP contribution in [0.4, 0.5) is 0 Å². The normalized spacial score (nSPS) is 16.1. The van der Waals surface area contributed by atoms with Crippen molar-refractivity contribution in [1.82, 2.24) is 19.6 Å². The van der Waals surface area contributed by atoms with Crippen LogP contribution in [0.25, 0.3) is 0 Å². The molecule has 0 radical (unpaired) electrons. The summed E-state index contributed by atoms with van der Waals surface area (Å²) in [5, 5.41) is 4.32. The molecule has 0 N–H and O–H groups in total. The van der Waals surface area contributed by atoms with E-state index in [-0.39, 0.29) is 5.91 Å². The highest BCUT2D eigenvalue weighted by Crippen LogP contribution is 2.18. The Labute approximate surface area is 150 Å². The number of piperidine rings is 1. The third-order valence-electron chi connectivity index (χ3n) is 5.32. The lowest BCUT2D eigenvalue weighted by Gasteiger charge is -2.36. The number of benzene rings is 1. The number of hydrogen-bond donors (Lipinski definition) is 0. The van der Waals surface area contributed by atoms with E-state index in [2.05, 4.69) is 40.3 Å². The largest absolute Gasteiger partial charge is 0.337 e. The molecule has 1 aliphatic rings. The second-order valence-corrected chi connectivity index (χ2v) is 7.02. The Hall–Kier alpha value is -2.14. The van der Waals surface area contributed by atoms with Crippen LogP contribution in [0.1, 0.15) is 34.6 Å². The number of aryl methyl sites for hydroxylation is 2. The van der Waals surface area contributed by atoms with Crippen molar-refractivity contribution >= 4 is 5.91 Å². The SMILES string of the molecule is Cc1cc(C(=O)N(C)C2CCN(CCc3ccccc3)CC2)nn1C. The number of hydrogen-bond acceptors (Lipinski definition) is 3. The van der Waals surface area contributed by atoms with E-state index >= 15 is 0 Å². The maximum absolute atomic E-state index is 12.6. The highest BCUT2D eigenvalue weighted by atomic mass is 16.2. The summed E-state index contributed by atoms with van der Waals surface area (Å²) < 4.78 is 1.76. The van der Waals surface area contributed by atoms with E-state index in [0.29, 0.717) is 11.7 Å². The summed E-state index contributed by atoms with van der Waals surface area (Å²) in [6, 6.07) is 12.8. The van der Waals surface area contributed by atoms with Crippen LogP contribution in [0.2, 0.25) is 0 Å². The van der Waals surface area contributed by atoms with E-state index < -0.39 is 0 Å². The highest BCUT2D eigenvalue weighted by molar-refractivity contribution is 5.92. The summed E-state index contributed by atoms with van der Waals surface area (Å²) in [5.74, 6) is 0.0337. The van der Waals surface area contributed by atoms with Crippen molar-refractivity contribution in [2.75, 3.05) is 26.7 Å². The molecule has 1 aromatic heterocycles. The molecule has 0 aliphatic carbocycles. The molecule has 5 nitrogen and oxygen atoms in total. The highest BCUT2D eigenvalue weighted by Gasteiger charge is 2.27. The number of carbonyl (C=O) groups excluding carboxylic acids is 1. The number of nitrogens with zero attached hydrogens (tertiary/aromatic N) is 4. The van der Waals surface area contributed by atoms with Crippen molar-refractivity contribution < 1.29 is 4.79 Å². The summed E-state index contributed by atoms with van der Waals surface area (Å²) in [6.45, 7) is 5.16. The molecular weight excluding hydrogens is 312 g/mol. The van der Waals surface area contributed by atoms with Gasteiger partial charge in [0.05, 0.1) is 0 Å². The van der Waals surface area contributed by atoms with Crippen molar-refractivity contribution in [2.45, 2.75) is 32.2 Å². The lowest BCUT2D eigenvalue weighted by atomic mass is 10.0. The van der Waals surface area contributed by atoms with Crippen LogP contribution in [0.15, 0.2) is 36.4 Å². The van der Waals surface area contributed by atoms with E-state index in [4.69, 9.17) is 0 Å². The Kier molecular flexibility index (Phi) is 5.53. The summed E-state index contributed by atoms with van der Waals surface area (Å²) in [4.78, 5) is 17.0. The number of likely N-dealkylation sites (tertiary alicyclic amines) is 1. The molecule has 2 heterocycles. The summed E-state index contributed by atoms with van der Waals surface area (Å²) >= 11 is 0. The third-order valence-corrected chi connectivity index (χ3v) is 5.32. The van der Waals surface area contributed by atoms with E-state index in [9.17, 15) is 4.79 Å². The lowest BCUT2D eigenvalue weighted by molar-refractivity contribution is 0.0637. The van der Waals surface area contributed by atoms with Crippen LogP contribution in [0.3, 0.4) is 0 Å². The van der Waals surface area contributed by atoms with Gasteiger partial charge in [0.25, 0.3) is 5.91 Å². The van der Waals surface area contributed by atoms with Crippen molar-refractivity contribution in [1.29, 1.82) is 0 Å². The molecule has 2 aromatic rings. The fourth-order valence-corrected chi connectivity index (χ4v) is 3.47. The van der Waals surface area contributed by atoms with E-state index in [1.54, 1.807) is 4.68 Å². The topological polar surface area (TPSA) is 41.4 Å². The van der Waals surface area contributed by atoms with Gasteiger partial charge in [0.1, 0.15) is 0 Å². The average Bonchev–Trinajstić information content (AvgIpc) is 2.99. The Morgan fingerprint density at radius 1 is 1.24 bits per heavy atom. The fraction of sp³-hybridized carbons (Fsp3) is 0.500. The predicted molar refractivity (Wildman–Crippen MR) is 99.6 cm³/mol. The first-order valence-electron chi connectivity index (χ1n) is 9.08. The Morgan fingerprint density at radius 2 is 1.92 bits per heavy atom. The maximum Gasteiger partial charge on any atom is 0.274 e. The van der Waals surface area contributed by atoms with Gasteiger partial charge in [-0.1, -0.05) is 30.3 Å². The quantitative estimate of drug-likeness (QED) is 0.840. The Balaban J connectivity index is 1.48. The molecule has 1 saturated heterocycles. The summed E-state index contributed by atoms with van der Waals surface area (Å²) in [7, 11) is 3.79. The Morgan fingerprint density at radius 3 is 2.52 bits per heavy atom. The molecule has 1 aliphatic heterocycles. The number of carbonyl (C=O) groups is 1. The second-order valence-electron chi connectivity index (χ2n) is 7.02. The molecule has 1 amide bonds. The molecule has 134 valence electrons. The molecule has 0 spiro atoms. The lowest BCUT2D eigenvalue weighted by Crippen LogP contribution is -2.46. The first-order chi connectivity index (χ1) is 12.0. The minimum atomic E-state index is 0.0337.